The van der Waals surface area contributed by atoms with Gasteiger partial charge in [-0.1, -0.05) is 12.1 Å². The van der Waals surface area contributed by atoms with Crippen molar-refractivity contribution >= 4 is 23.3 Å². The Kier molecular flexibility index (Phi) is 5.81. The van der Waals surface area contributed by atoms with Crippen molar-refractivity contribution in [3.63, 3.8) is 0 Å². The lowest BCUT2D eigenvalue weighted by Gasteiger charge is -2.44. The average molecular weight is 432 g/mol. The molecular weight excluding hydrogens is 406 g/mol. The predicted molar refractivity (Wildman–Crippen MR) is 111 cm³/mol. The summed E-state index contributed by atoms with van der Waals surface area (Å²) in [6.07, 6.45) is 1.58. The van der Waals surface area contributed by atoms with Gasteiger partial charge < -0.3 is 19.7 Å². The first kappa shape index (κ1) is 20.8. The highest BCUT2D eigenvalue weighted by molar-refractivity contribution is 7.14. The van der Waals surface area contributed by atoms with Crippen LogP contribution in [-0.2, 0) is 28.1 Å². The van der Waals surface area contributed by atoms with E-state index in [1.54, 1.807) is 12.1 Å². The second kappa shape index (κ2) is 8.37. The van der Waals surface area contributed by atoms with Crippen molar-refractivity contribution in [2.75, 3.05) is 19.7 Å². The first-order valence-corrected chi connectivity index (χ1v) is 10.9. The van der Waals surface area contributed by atoms with Crippen molar-refractivity contribution in [2.45, 2.75) is 44.4 Å². The number of nitrogens with zero attached hydrogens (tertiary/aromatic N) is 1. The summed E-state index contributed by atoms with van der Waals surface area (Å²) < 4.78 is 11.6. The fraction of sp³-hybridized carbons (Fsp3) is 0.455. The maximum atomic E-state index is 11.4. The fourth-order valence-corrected chi connectivity index (χ4v) is 5.26. The van der Waals surface area contributed by atoms with E-state index in [1.165, 1.54) is 18.3 Å². The Morgan fingerprint density at radius 1 is 1.23 bits per heavy atom. The highest BCUT2D eigenvalue weighted by Gasteiger charge is 2.42. The highest BCUT2D eigenvalue weighted by Crippen LogP contribution is 2.44. The van der Waals surface area contributed by atoms with Crippen molar-refractivity contribution in [1.29, 1.82) is 0 Å². The number of ether oxygens (including phenoxy) is 2. The number of aromatic carboxylic acids is 1. The number of benzene rings is 1. The number of likely N-dealkylation sites (tertiary alicyclic amines) is 1. The summed E-state index contributed by atoms with van der Waals surface area (Å²) in [5, 5.41) is 18.3. The molecule has 1 atom stereocenters. The number of carboxylic acids is 2. The molecule has 2 aromatic rings. The zero-order chi connectivity index (χ0) is 21.3. The number of carbonyl (C=O) groups is 2. The molecule has 2 aliphatic heterocycles. The smallest absolute Gasteiger partial charge is 0.345 e. The number of aliphatic carboxylic acids is 1. The van der Waals surface area contributed by atoms with E-state index in [4.69, 9.17) is 14.6 Å². The molecule has 7 nitrogen and oxygen atoms in total. The second-order valence-corrected chi connectivity index (χ2v) is 9.00. The molecule has 30 heavy (non-hydrogen) atoms. The van der Waals surface area contributed by atoms with Gasteiger partial charge in [-0.25, -0.2) is 9.59 Å². The van der Waals surface area contributed by atoms with Crippen LogP contribution in [0.3, 0.4) is 0 Å². The standard InChI is InChI=1S/C22H25NO6S/c1-14(20(24)25)29-16-4-2-15(3-5-16)13-23-9-7-22(8-10-23)17-12-19(21(26)27)30-18(17)6-11-28-22/h2-5,12,14H,6-11,13H2,1H3,(H,24,25)(H,26,27). The topological polar surface area (TPSA) is 96.3 Å². The lowest BCUT2D eigenvalue weighted by Crippen LogP contribution is -2.45. The van der Waals surface area contributed by atoms with Crippen LogP contribution < -0.4 is 4.74 Å². The summed E-state index contributed by atoms with van der Waals surface area (Å²) in [7, 11) is 0. The molecule has 0 saturated carbocycles. The van der Waals surface area contributed by atoms with Crippen LogP contribution in [0.15, 0.2) is 30.3 Å². The SMILES string of the molecule is CC(Oc1ccc(CN2CCC3(CC2)OCCc2sc(C(=O)O)cc23)cc1)C(=O)O. The normalized spacial score (nSPS) is 19.2. The third kappa shape index (κ3) is 4.21. The van der Waals surface area contributed by atoms with Gasteiger partial charge in [-0.3, -0.25) is 4.90 Å². The van der Waals surface area contributed by atoms with Gasteiger partial charge >= 0.3 is 11.9 Å². The van der Waals surface area contributed by atoms with Gasteiger partial charge in [-0.05, 0) is 49.1 Å². The van der Waals surface area contributed by atoms with E-state index in [2.05, 4.69) is 4.90 Å². The molecule has 4 rings (SSSR count). The van der Waals surface area contributed by atoms with Crippen LogP contribution >= 0.6 is 11.3 Å². The maximum Gasteiger partial charge on any atom is 0.345 e. The molecule has 0 radical (unpaired) electrons. The Morgan fingerprint density at radius 3 is 2.57 bits per heavy atom. The third-order valence-corrected chi connectivity index (χ3v) is 7.05. The first-order valence-electron chi connectivity index (χ1n) is 10.1. The van der Waals surface area contributed by atoms with Crippen LogP contribution in [0.1, 0.15) is 45.4 Å². The minimum atomic E-state index is -0.990. The number of carboxylic acid groups (broad SMARTS) is 2. The van der Waals surface area contributed by atoms with E-state index >= 15 is 0 Å². The van der Waals surface area contributed by atoms with Gasteiger partial charge in [-0.15, -0.1) is 11.3 Å². The Labute approximate surface area is 178 Å². The van der Waals surface area contributed by atoms with Crippen molar-refractivity contribution in [3.05, 3.63) is 51.2 Å². The van der Waals surface area contributed by atoms with Crippen molar-refractivity contribution in [2.24, 2.45) is 0 Å². The molecular formula is C22H25NO6S. The largest absolute Gasteiger partial charge is 0.479 e. The maximum absolute atomic E-state index is 11.4. The molecule has 1 unspecified atom stereocenters. The van der Waals surface area contributed by atoms with E-state index in [1.807, 2.05) is 18.2 Å². The zero-order valence-corrected chi connectivity index (χ0v) is 17.6. The van der Waals surface area contributed by atoms with Gasteiger partial charge in [0.15, 0.2) is 6.10 Å². The molecule has 8 heteroatoms. The van der Waals surface area contributed by atoms with Crippen molar-refractivity contribution in [1.82, 2.24) is 4.90 Å². The summed E-state index contributed by atoms with van der Waals surface area (Å²) >= 11 is 1.38. The van der Waals surface area contributed by atoms with Crippen LogP contribution in [0.5, 0.6) is 5.75 Å². The molecule has 3 heterocycles. The molecule has 1 spiro atoms. The molecule has 160 valence electrons. The summed E-state index contributed by atoms with van der Waals surface area (Å²) in [4.78, 5) is 26.2. The summed E-state index contributed by atoms with van der Waals surface area (Å²) in [6, 6.07) is 9.34. The Balaban J connectivity index is 1.38. The molecule has 2 aliphatic rings. The number of thiophene rings is 1. The molecule has 1 fully saturated rings. The summed E-state index contributed by atoms with van der Waals surface area (Å²) in [5.74, 6) is -1.32. The summed E-state index contributed by atoms with van der Waals surface area (Å²) in [5.41, 5.74) is 1.85. The van der Waals surface area contributed by atoms with E-state index in [0.29, 0.717) is 17.2 Å². The first-order chi connectivity index (χ1) is 14.4. The number of piperidine rings is 1. The molecule has 0 aliphatic carbocycles. The van der Waals surface area contributed by atoms with Gasteiger partial charge in [0, 0.05) is 30.9 Å². The molecule has 2 N–H and O–H groups in total. The van der Waals surface area contributed by atoms with Gasteiger partial charge in [-0.2, -0.15) is 0 Å². The average Bonchev–Trinajstić information content (AvgIpc) is 3.18. The van der Waals surface area contributed by atoms with Gasteiger partial charge in [0.05, 0.1) is 12.2 Å². The van der Waals surface area contributed by atoms with Gasteiger partial charge in [0.25, 0.3) is 0 Å². The number of rotatable bonds is 6. The summed E-state index contributed by atoms with van der Waals surface area (Å²) in [6.45, 7) is 4.67. The van der Waals surface area contributed by atoms with E-state index in [9.17, 15) is 14.7 Å². The predicted octanol–water partition coefficient (Wildman–Crippen LogP) is 3.36. The molecule has 1 aromatic carbocycles. The van der Waals surface area contributed by atoms with Crippen molar-refractivity contribution in [3.8, 4) is 5.75 Å². The lowest BCUT2D eigenvalue weighted by molar-refractivity contribution is -0.144. The Bertz CT molecular complexity index is 930. The number of fused-ring (bicyclic) bond motifs is 2. The van der Waals surface area contributed by atoms with Crippen LogP contribution in [0.4, 0.5) is 0 Å². The molecule has 0 amide bonds. The quantitative estimate of drug-likeness (QED) is 0.724. The lowest BCUT2D eigenvalue weighted by atomic mass is 9.82. The van der Waals surface area contributed by atoms with Gasteiger partial charge in [0.2, 0.25) is 0 Å². The third-order valence-electron chi connectivity index (χ3n) is 5.87. The highest BCUT2D eigenvalue weighted by atomic mass is 32.1. The Hall–Kier alpha value is -2.42. The fourth-order valence-electron chi connectivity index (χ4n) is 4.19. The monoisotopic (exact) mass is 431 g/mol. The van der Waals surface area contributed by atoms with E-state index in [-0.39, 0.29) is 5.60 Å². The van der Waals surface area contributed by atoms with Crippen LogP contribution in [-0.4, -0.2) is 52.9 Å². The minimum absolute atomic E-state index is 0.362. The van der Waals surface area contributed by atoms with Crippen molar-refractivity contribution < 1.29 is 29.3 Å². The van der Waals surface area contributed by atoms with E-state index in [0.717, 1.165) is 54.9 Å². The van der Waals surface area contributed by atoms with Crippen LogP contribution in [0, 0.1) is 0 Å². The van der Waals surface area contributed by atoms with E-state index < -0.39 is 18.0 Å². The zero-order valence-electron chi connectivity index (χ0n) is 16.8. The molecule has 1 aromatic heterocycles. The molecule has 1 saturated heterocycles. The second-order valence-electron chi connectivity index (χ2n) is 7.86. The van der Waals surface area contributed by atoms with Crippen LogP contribution in [0.2, 0.25) is 0 Å². The number of hydrogen-bond acceptors (Lipinski definition) is 6. The minimum Gasteiger partial charge on any atom is -0.479 e. The molecule has 0 bridgehead atoms. The Morgan fingerprint density at radius 2 is 1.93 bits per heavy atom. The van der Waals surface area contributed by atoms with Gasteiger partial charge in [0.1, 0.15) is 10.6 Å². The number of hydrogen-bond donors (Lipinski definition) is 2. The van der Waals surface area contributed by atoms with Crippen LogP contribution in [0.25, 0.3) is 0 Å².